The Morgan fingerprint density at radius 2 is 2.29 bits per heavy atom. The molecule has 0 radical (unpaired) electrons. The summed E-state index contributed by atoms with van der Waals surface area (Å²) < 4.78 is 5.75. The monoisotopic (exact) mass is 287 g/mol. The van der Waals surface area contributed by atoms with Gasteiger partial charge < -0.3 is 10.1 Å². The fourth-order valence-electron chi connectivity index (χ4n) is 2.75. The van der Waals surface area contributed by atoms with E-state index in [4.69, 9.17) is 4.74 Å². The molecular formula is C15H17N3O3. The second kappa shape index (κ2) is 5.29. The maximum Gasteiger partial charge on any atom is 0.277 e. The molecule has 110 valence electrons. The lowest BCUT2D eigenvalue weighted by Crippen LogP contribution is -2.32. The molecule has 2 heterocycles. The van der Waals surface area contributed by atoms with Crippen LogP contribution in [-0.4, -0.2) is 28.7 Å². The molecule has 0 spiro atoms. The van der Waals surface area contributed by atoms with Gasteiger partial charge in [-0.05, 0) is 31.9 Å². The van der Waals surface area contributed by atoms with E-state index in [0.29, 0.717) is 11.9 Å². The average Bonchev–Trinajstić information content (AvgIpc) is 2.91. The molecule has 0 aliphatic carbocycles. The third kappa shape index (κ3) is 2.67. The van der Waals surface area contributed by atoms with Crippen molar-refractivity contribution < 1.29 is 9.66 Å². The molecule has 1 atom stereocenters. The number of fused-ring (bicyclic) bond motifs is 1. The SMILES string of the molecule is CC1(CNc2ccc([N+](=O)[O-])c3ccncc23)CCCO1. The van der Waals surface area contributed by atoms with Gasteiger partial charge in [-0.1, -0.05) is 0 Å². The first-order valence-electron chi connectivity index (χ1n) is 6.98. The topological polar surface area (TPSA) is 77.3 Å². The number of rotatable bonds is 4. The molecule has 3 rings (SSSR count). The van der Waals surface area contributed by atoms with E-state index in [1.54, 1.807) is 24.5 Å². The lowest BCUT2D eigenvalue weighted by molar-refractivity contribution is -0.383. The maximum atomic E-state index is 11.1. The van der Waals surface area contributed by atoms with Gasteiger partial charge in [0.1, 0.15) is 0 Å². The molecule has 1 saturated heterocycles. The average molecular weight is 287 g/mol. The normalized spacial score (nSPS) is 21.6. The van der Waals surface area contributed by atoms with Gasteiger partial charge in [-0.15, -0.1) is 0 Å². The van der Waals surface area contributed by atoms with Crippen molar-refractivity contribution in [3.8, 4) is 0 Å². The summed E-state index contributed by atoms with van der Waals surface area (Å²) in [6.07, 6.45) is 5.31. The zero-order valence-corrected chi connectivity index (χ0v) is 11.8. The highest BCUT2D eigenvalue weighted by Crippen LogP contribution is 2.32. The summed E-state index contributed by atoms with van der Waals surface area (Å²) in [5.74, 6) is 0. The Hall–Kier alpha value is -2.21. The minimum atomic E-state index is -0.368. The van der Waals surface area contributed by atoms with E-state index in [1.807, 2.05) is 0 Å². The standard InChI is InChI=1S/C15H17N3O3/c1-15(6-2-8-21-15)10-17-13-3-4-14(18(19)20)11-5-7-16-9-12(11)13/h3-5,7,9,17H,2,6,8,10H2,1H3. The highest BCUT2D eigenvalue weighted by Gasteiger charge is 2.29. The highest BCUT2D eigenvalue weighted by atomic mass is 16.6. The highest BCUT2D eigenvalue weighted by molar-refractivity contribution is 5.99. The predicted molar refractivity (Wildman–Crippen MR) is 80.5 cm³/mol. The van der Waals surface area contributed by atoms with Crippen LogP contribution >= 0.6 is 0 Å². The molecule has 6 nitrogen and oxygen atoms in total. The number of benzene rings is 1. The summed E-state index contributed by atoms with van der Waals surface area (Å²) in [5, 5.41) is 15.8. The molecule has 1 fully saturated rings. The van der Waals surface area contributed by atoms with Crippen LogP contribution in [0.3, 0.4) is 0 Å². The van der Waals surface area contributed by atoms with Gasteiger partial charge in [0.25, 0.3) is 5.69 Å². The molecule has 1 unspecified atom stereocenters. The Morgan fingerprint density at radius 3 is 3.00 bits per heavy atom. The van der Waals surface area contributed by atoms with Crippen LogP contribution in [0, 0.1) is 10.1 Å². The van der Waals surface area contributed by atoms with Crippen LogP contribution in [0.1, 0.15) is 19.8 Å². The van der Waals surface area contributed by atoms with Crippen molar-refractivity contribution in [1.82, 2.24) is 4.98 Å². The lowest BCUT2D eigenvalue weighted by atomic mass is 10.0. The molecule has 1 aliphatic heterocycles. The molecular weight excluding hydrogens is 270 g/mol. The molecule has 1 N–H and O–H groups in total. The molecule has 0 saturated carbocycles. The number of nitro groups is 1. The zero-order chi connectivity index (χ0) is 14.9. The fraction of sp³-hybridized carbons (Fsp3) is 0.400. The van der Waals surface area contributed by atoms with Crippen molar-refractivity contribution in [2.75, 3.05) is 18.5 Å². The predicted octanol–water partition coefficient (Wildman–Crippen LogP) is 3.12. The Kier molecular flexibility index (Phi) is 3.47. The van der Waals surface area contributed by atoms with Crippen molar-refractivity contribution in [1.29, 1.82) is 0 Å². The largest absolute Gasteiger partial charge is 0.382 e. The molecule has 0 amide bonds. The van der Waals surface area contributed by atoms with Crippen molar-refractivity contribution in [3.05, 3.63) is 40.7 Å². The zero-order valence-electron chi connectivity index (χ0n) is 11.8. The van der Waals surface area contributed by atoms with Gasteiger partial charge in [0, 0.05) is 42.7 Å². The van der Waals surface area contributed by atoms with E-state index in [2.05, 4.69) is 17.2 Å². The van der Waals surface area contributed by atoms with Crippen molar-refractivity contribution in [3.63, 3.8) is 0 Å². The third-order valence-electron chi connectivity index (χ3n) is 3.95. The third-order valence-corrected chi connectivity index (χ3v) is 3.95. The van der Waals surface area contributed by atoms with E-state index in [-0.39, 0.29) is 16.2 Å². The molecule has 1 aromatic carbocycles. The maximum absolute atomic E-state index is 11.1. The van der Waals surface area contributed by atoms with Gasteiger partial charge in [0.05, 0.1) is 15.9 Å². The van der Waals surface area contributed by atoms with Gasteiger partial charge >= 0.3 is 0 Å². The van der Waals surface area contributed by atoms with E-state index in [0.717, 1.165) is 30.5 Å². The Balaban J connectivity index is 1.92. The number of ether oxygens (including phenoxy) is 1. The van der Waals surface area contributed by atoms with Crippen LogP contribution in [0.5, 0.6) is 0 Å². The first-order valence-corrected chi connectivity index (χ1v) is 6.98. The smallest absolute Gasteiger partial charge is 0.277 e. The fourth-order valence-corrected chi connectivity index (χ4v) is 2.75. The number of hydrogen-bond acceptors (Lipinski definition) is 5. The Bertz CT molecular complexity index is 681. The number of pyridine rings is 1. The first kappa shape index (κ1) is 13.8. The quantitative estimate of drug-likeness (QED) is 0.690. The Morgan fingerprint density at radius 1 is 1.43 bits per heavy atom. The molecule has 0 bridgehead atoms. The number of aromatic nitrogens is 1. The number of nitro benzene ring substituents is 1. The summed E-state index contributed by atoms with van der Waals surface area (Å²) in [5.41, 5.74) is 0.776. The number of hydrogen-bond donors (Lipinski definition) is 1. The van der Waals surface area contributed by atoms with Gasteiger partial charge in [-0.3, -0.25) is 15.1 Å². The summed E-state index contributed by atoms with van der Waals surface area (Å²) in [6, 6.07) is 4.94. The van der Waals surface area contributed by atoms with Crippen molar-refractivity contribution in [2.45, 2.75) is 25.4 Å². The molecule has 6 heteroatoms. The molecule has 2 aromatic rings. The van der Waals surface area contributed by atoms with E-state index in [1.165, 1.54) is 6.07 Å². The van der Waals surface area contributed by atoms with Crippen molar-refractivity contribution >= 4 is 22.1 Å². The van der Waals surface area contributed by atoms with Crippen LogP contribution in [0.4, 0.5) is 11.4 Å². The Labute approximate surface area is 122 Å². The van der Waals surface area contributed by atoms with Crippen LogP contribution in [0.2, 0.25) is 0 Å². The van der Waals surface area contributed by atoms with Gasteiger partial charge in [-0.25, -0.2) is 0 Å². The van der Waals surface area contributed by atoms with Crippen LogP contribution < -0.4 is 5.32 Å². The van der Waals surface area contributed by atoms with Gasteiger partial charge in [0.2, 0.25) is 0 Å². The van der Waals surface area contributed by atoms with Crippen LogP contribution in [0.25, 0.3) is 10.8 Å². The minimum absolute atomic E-state index is 0.0984. The summed E-state index contributed by atoms with van der Waals surface area (Å²) in [7, 11) is 0. The number of nitrogens with zero attached hydrogens (tertiary/aromatic N) is 2. The lowest BCUT2D eigenvalue weighted by Gasteiger charge is -2.24. The second-order valence-electron chi connectivity index (χ2n) is 5.57. The first-order chi connectivity index (χ1) is 10.1. The van der Waals surface area contributed by atoms with Gasteiger partial charge in [-0.2, -0.15) is 0 Å². The summed E-state index contributed by atoms with van der Waals surface area (Å²) in [6.45, 7) is 3.55. The number of anilines is 1. The molecule has 1 aromatic heterocycles. The van der Waals surface area contributed by atoms with Crippen molar-refractivity contribution in [2.24, 2.45) is 0 Å². The summed E-state index contributed by atoms with van der Waals surface area (Å²) >= 11 is 0. The number of non-ortho nitro benzene ring substituents is 1. The van der Waals surface area contributed by atoms with E-state index >= 15 is 0 Å². The minimum Gasteiger partial charge on any atom is -0.382 e. The van der Waals surface area contributed by atoms with Crippen LogP contribution in [-0.2, 0) is 4.74 Å². The van der Waals surface area contributed by atoms with Gasteiger partial charge in [0.15, 0.2) is 0 Å². The molecule has 21 heavy (non-hydrogen) atoms. The number of nitrogens with one attached hydrogen (secondary N) is 1. The molecule has 1 aliphatic rings. The summed E-state index contributed by atoms with van der Waals surface area (Å²) in [4.78, 5) is 14.8. The van der Waals surface area contributed by atoms with E-state index < -0.39 is 0 Å². The van der Waals surface area contributed by atoms with E-state index in [9.17, 15) is 10.1 Å². The second-order valence-corrected chi connectivity index (χ2v) is 5.57. The van der Waals surface area contributed by atoms with Crippen LogP contribution in [0.15, 0.2) is 30.6 Å².